The Balaban J connectivity index is 1.53. The highest BCUT2D eigenvalue weighted by molar-refractivity contribution is 5.89. The van der Waals surface area contributed by atoms with E-state index in [-0.39, 0.29) is 25.2 Å². The summed E-state index contributed by atoms with van der Waals surface area (Å²) in [6.45, 7) is 4.43. The van der Waals surface area contributed by atoms with Crippen LogP contribution < -0.4 is 11.1 Å². The predicted octanol–water partition coefficient (Wildman–Crippen LogP) is 2.65. The Labute approximate surface area is 205 Å². The minimum absolute atomic E-state index is 0.0537. The molecule has 0 radical (unpaired) electrons. The number of nitrogens with zero attached hydrogens (tertiary/aromatic N) is 1. The lowest BCUT2D eigenvalue weighted by atomic mass is 9.76. The summed E-state index contributed by atoms with van der Waals surface area (Å²) in [6.07, 6.45) is 0.227. The number of amides is 3. The zero-order chi connectivity index (χ0) is 25.1. The molecule has 0 aliphatic carbocycles. The maximum Gasteiger partial charge on any atom is 0.408 e. The number of hydrogen-bond donors (Lipinski definition) is 2. The second kappa shape index (κ2) is 10.1. The number of carbonyl (C=O) groups excluding carboxylic acids is 3. The second-order valence-electron chi connectivity index (χ2n) is 10.0. The van der Waals surface area contributed by atoms with Crippen molar-refractivity contribution in [2.45, 2.75) is 44.9 Å². The number of ether oxygens (including phenoxy) is 2. The van der Waals surface area contributed by atoms with Crippen LogP contribution in [-0.2, 0) is 32.1 Å². The van der Waals surface area contributed by atoms with Crippen molar-refractivity contribution >= 4 is 17.9 Å². The van der Waals surface area contributed by atoms with Gasteiger partial charge in [-0.25, -0.2) is 4.79 Å². The SMILES string of the molecule is CC(C)(C(N)=O)[C@H](COCc1ccccc1)C(=O)N1CCC2OC(=O)NC2(Cc2ccccc2)C1. The fourth-order valence-corrected chi connectivity index (χ4v) is 4.94. The average molecular weight is 480 g/mol. The Hall–Kier alpha value is -3.39. The van der Waals surface area contributed by atoms with Gasteiger partial charge in [0.05, 0.1) is 24.5 Å². The molecule has 2 aromatic rings. The van der Waals surface area contributed by atoms with Gasteiger partial charge in [0.25, 0.3) is 0 Å². The van der Waals surface area contributed by atoms with Gasteiger partial charge < -0.3 is 25.4 Å². The van der Waals surface area contributed by atoms with E-state index in [9.17, 15) is 14.4 Å². The second-order valence-corrected chi connectivity index (χ2v) is 10.0. The standard InChI is InChI=1S/C27H33N3O5/c1-26(2,24(28)32)21(17-34-16-20-11-7-4-8-12-20)23(31)30-14-13-22-27(18-30,29-25(33)35-22)15-19-9-5-3-6-10-19/h3-12,21-22H,13-18H2,1-2H3,(H2,28,32)(H,29,33)/t21-,22?,27?/m1/s1. The molecule has 4 rings (SSSR count). The lowest BCUT2D eigenvalue weighted by Crippen LogP contribution is -2.64. The molecule has 0 saturated carbocycles. The Morgan fingerprint density at radius 2 is 1.77 bits per heavy atom. The van der Waals surface area contributed by atoms with E-state index < -0.39 is 28.9 Å². The van der Waals surface area contributed by atoms with Gasteiger partial charge in [-0.1, -0.05) is 74.5 Å². The number of primary amides is 1. The summed E-state index contributed by atoms with van der Waals surface area (Å²) in [5.74, 6) is -1.55. The molecule has 0 bridgehead atoms. The Morgan fingerprint density at radius 3 is 2.40 bits per heavy atom. The van der Waals surface area contributed by atoms with Gasteiger partial charge in [-0.2, -0.15) is 0 Å². The maximum absolute atomic E-state index is 13.8. The van der Waals surface area contributed by atoms with Gasteiger partial charge in [0.1, 0.15) is 11.6 Å². The lowest BCUT2D eigenvalue weighted by molar-refractivity contribution is -0.151. The minimum Gasteiger partial charge on any atom is -0.444 e. The fraction of sp³-hybridized carbons (Fsp3) is 0.444. The normalized spacial score (nSPS) is 22.6. The topological polar surface area (TPSA) is 111 Å². The van der Waals surface area contributed by atoms with Gasteiger partial charge >= 0.3 is 6.09 Å². The highest BCUT2D eigenvalue weighted by Gasteiger charge is 2.54. The van der Waals surface area contributed by atoms with Crippen molar-refractivity contribution in [1.29, 1.82) is 0 Å². The maximum atomic E-state index is 13.8. The number of nitrogens with one attached hydrogen (secondary N) is 1. The fourth-order valence-electron chi connectivity index (χ4n) is 4.94. The van der Waals surface area contributed by atoms with Crippen LogP contribution in [-0.4, -0.2) is 54.1 Å². The summed E-state index contributed by atoms with van der Waals surface area (Å²) in [4.78, 5) is 40.1. The first-order chi connectivity index (χ1) is 16.7. The van der Waals surface area contributed by atoms with Gasteiger partial charge in [-0.3, -0.25) is 9.59 Å². The molecule has 2 unspecified atom stereocenters. The van der Waals surface area contributed by atoms with E-state index in [1.165, 1.54) is 0 Å². The molecule has 0 aromatic heterocycles. The number of piperidine rings is 1. The third kappa shape index (κ3) is 5.32. The first-order valence-corrected chi connectivity index (χ1v) is 11.9. The van der Waals surface area contributed by atoms with Crippen molar-refractivity contribution in [2.75, 3.05) is 19.7 Å². The molecule has 0 spiro atoms. The van der Waals surface area contributed by atoms with Crippen LogP contribution in [0.15, 0.2) is 60.7 Å². The van der Waals surface area contributed by atoms with Gasteiger partial charge in [-0.05, 0) is 11.1 Å². The van der Waals surface area contributed by atoms with Crippen molar-refractivity contribution in [1.82, 2.24) is 10.2 Å². The van der Waals surface area contributed by atoms with E-state index in [1.807, 2.05) is 60.7 Å². The highest BCUT2D eigenvalue weighted by Crippen LogP contribution is 2.36. The summed E-state index contributed by atoms with van der Waals surface area (Å²) >= 11 is 0. The van der Waals surface area contributed by atoms with Crippen LogP contribution in [0.4, 0.5) is 4.79 Å². The first kappa shape index (κ1) is 24.7. The van der Waals surface area contributed by atoms with E-state index >= 15 is 0 Å². The molecular formula is C27H33N3O5. The lowest BCUT2D eigenvalue weighted by Gasteiger charge is -2.44. The smallest absolute Gasteiger partial charge is 0.408 e. The number of benzene rings is 2. The van der Waals surface area contributed by atoms with Crippen LogP contribution in [0.5, 0.6) is 0 Å². The van der Waals surface area contributed by atoms with Crippen LogP contribution in [0.1, 0.15) is 31.4 Å². The average Bonchev–Trinajstić information content (AvgIpc) is 3.17. The summed E-state index contributed by atoms with van der Waals surface area (Å²) in [5, 5.41) is 2.99. The minimum atomic E-state index is -1.12. The van der Waals surface area contributed by atoms with Crippen molar-refractivity contribution < 1.29 is 23.9 Å². The van der Waals surface area contributed by atoms with Crippen LogP contribution in [0, 0.1) is 11.3 Å². The van der Waals surface area contributed by atoms with Gasteiger partial charge in [0.15, 0.2) is 0 Å². The van der Waals surface area contributed by atoms with Crippen molar-refractivity contribution in [3.8, 4) is 0 Å². The van der Waals surface area contributed by atoms with Crippen LogP contribution in [0.25, 0.3) is 0 Å². The molecule has 2 heterocycles. The van der Waals surface area contributed by atoms with E-state index in [2.05, 4.69) is 5.32 Å². The number of alkyl carbamates (subject to hydrolysis) is 1. The third-order valence-corrected chi connectivity index (χ3v) is 7.23. The van der Waals surface area contributed by atoms with Crippen molar-refractivity contribution in [3.05, 3.63) is 71.8 Å². The Bertz CT molecular complexity index is 1060. The summed E-state index contributed by atoms with van der Waals surface area (Å²) in [7, 11) is 0. The van der Waals surface area contributed by atoms with E-state index in [4.69, 9.17) is 15.2 Å². The highest BCUT2D eigenvalue weighted by atomic mass is 16.6. The van der Waals surface area contributed by atoms with Crippen LogP contribution >= 0.6 is 0 Å². The zero-order valence-electron chi connectivity index (χ0n) is 20.2. The molecule has 3 N–H and O–H groups in total. The summed E-state index contributed by atoms with van der Waals surface area (Å²) in [5.41, 5.74) is 5.87. The number of carbonyl (C=O) groups is 3. The molecule has 8 heteroatoms. The molecule has 8 nitrogen and oxygen atoms in total. The number of rotatable bonds is 9. The Kier molecular flexibility index (Phi) is 7.12. The quantitative estimate of drug-likeness (QED) is 0.575. The molecule has 3 amide bonds. The molecule has 186 valence electrons. The molecule has 2 saturated heterocycles. The predicted molar refractivity (Wildman–Crippen MR) is 130 cm³/mol. The zero-order valence-corrected chi connectivity index (χ0v) is 20.2. The van der Waals surface area contributed by atoms with Crippen molar-refractivity contribution in [2.24, 2.45) is 17.1 Å². The monoisotopic (exact) mass is 479 g/mol. The number of hydrogen-bond acceptors (Lipinski definition) is 5. The molecule has 3 atom stereocenters. The first-order valence-electron chi connectivity index (χ1n) is 11.9. The molecule has 2 aromatic carbocycles. The van der Waals surface area contributed by atoms with Crippen LogP contribution in [0.2, 0.25) is 0 Å². The molecular weight excluding hydrogens is 446 g/mol. The largest absolute Gasteiger partial charge is 0.444 e. The molecule has 2 fully saturated rings. The van der Waals surface area contributed by atoms with Gasteiger partial charge in [-0.15, -0.1) is 0 Å². The molecule has 35 heavy (non-hydrogen) atoms. The number of nitrogens with two attached hydrogens (primary N) is 1. The van der Waals surface area contributed by atoms with E-state index in [0.29, 0.717) is 26.0 Å². The Morgan fingerprint density at radius 1 is 1.14 bits per heavy atom. The third-order valence-electron chi connectivity index (χ3n) is 7.23. The number of fused-ring (bicyclic) bond motifs is 1. The van der Waals surface area contributed by atoms with E-state index in [1.54, 1.807) is 18.7 Å². The van der Waals surface area contributed by atoms with Crippen LogP contribution in [0.3, 0.4) is 0 Å². The summed E-state index contributed by atoms with van der Waals surface area (Å²) < 4.78 is 11.5. The number of likely N-dealkylation sites (tertiary alicyclic amines) is 1. The van der Waals surface area contributed by atoms with Crippen molar-refractivity contribution in [3.63, 3.8) is 0 Å². The van der Waals surface area contributed by atoms with Gasteiger partial charge in [0.2, 0.25) is 11.8 Å². The molecule has 2 aliphatic heterocycles. The molecule has 2 aliphatic rings. The van der Waals surface area contributed by atoms with E-state index in [0.717, 1.165) is 11.1 Å². The summed E-state index contributed by atoms with van der Waals surface area (Å²) in [6, 6.07) is 19.5. The van der Waals surface area contributed by atoms with Gasteiger partial charge in [0, 0.05) is 25.9 Å².